The molecule has 6 heteroatoms. The third-order valence-electron chi connectivity index (χ3n) is 5.23. The van der Waals surface area contributed by atoms with Gasteiger partial charge in [-0.3, -0.25) is 15.2 Å². The van der Waals surface area contributed by atoms with Crippen molar-refractivity contribution in [2.24, 2.45) is 0 Å². The molecule has 0 radical (unpaired) electrons. The van der Waals surface area contributed by atoms with Gasteiger partial charge in [-0.25, -0.2) is 0 Å². The lowest BCUT2D eigenvalue weighted by molar-refractivity contribution is -0.110. The smallest absolute Gasteiger partial charge is 0.274 e. The van der Waals surface area contributed by atoms with Crippen molar-refractivity contribution < 1.29 is 9.53 Å². The maximum absolute atomic E-state index is 12.9. The van der Waals surface area contributed by atoms with Crippen LogP contribution in [0.15, 0.2) is 67.0 Å². The Balaban J connectivity index is 1.62. The molecule has 0 aliphatic rings. The number of pyridine rings is 1. The minimum Gasteiger partial charge on any atom is -0.495 e. The molecule has 0 spiro atoms. The minimum absolute atomic E-state index is 0.0911. The molecule has 1 amide bonds. The largest absolute Gasteiger partial charge is 0.495 e. The van der Waals surface area contributed by atoms with Crippen molar-refractivity contribution in [3.63, 3.8) is 0 Å². The molecule has 2 aromatic heterocycles. The van der Waals surface area contributed by atoms with Crippen molar-refractivity contribution in [1.29, 1.82) is 5.41 Å². The predicted octanol–water partition coefficient (Wildman–Crippen LogP) is 4.72. The highest BCUT2D eigenvalue weighted by molar-refractivity contribution is 6.49. The topological polar surface area (TPSA) is 80.0 Å². The molecule has 31 heavy (non-hydrogen) atoms. The number of aromatic nitrogens is 2. The Morgan fingerprint density at radius 3 is 2.74 bits per heavy atom. The zero-order chi connectivity index (χ0) is 22.0. The van der Waals surface area contributed by atoms with Gasteiger partial charge in [0.15, 0.2) is 0 Å². The van der Waals surface area contributed by atoms with Crippen LogP contribution in [0.5, 0.6) is 5.75 Å². The number of nitrogens with one attached hydrogen (secondary N) is 2. The van der Waals surface area contributed by atoms with E-state index in [9.17, 15) is 4.79 Å². The summed E-state index contributed by atoms with van der Waals surface area (Å²) in [6.07, 6.45) is 3.79. The molecular formula is C25H24N4O2. The van der Waals surface area contributed by atoms with E-state index in [4.69, 9.17) is 10.1 Å². The molecule has 4 rings (SSSR count). The van der Waals surface area contributed by atoms with Crippen LogP contribution in [0.4, 0.5) is 5.69 Å². The lowest BCUT2D eigenvalue weighted by Gasteiger charge is -2.12. The summed E-state index contributed by atoms with van der Waals surface area (Å²) in [6, 6.07) is 17.2. The molecule has 6 nitrogen and oxygen atoms in total. The molecule has 0 fully saturated rings. The molecule has 0 bridgehead atoms. The highest BCUT2D eigenvalue weighted by Gasteiger charge is 2.18. The van der Waals surface area contributed by atoms with Crippen LogP contribution in [0.3, 0.4) is 0 Å². The second-order valence-electron chi connectivity index (χ2n) is 7.52. The fraction of sp³-hybridized carbons (Fsp3) is 0.160. The van der Waals surface area contributed by atoms with E-state index in [2.05, 4.69) is 20.9 Å². The van der Waals surface area contributed by atoms with Crippen LogP contribution in [0, 0.1) is 19.3 Å². The van der Waals surface area contributed by atoms with Crippen molar-refractivity contribution in [3.8, 4) is 5.75 Å². The summed E-state index contributed by atoms with van der Waals surface area (Å²) in [5.74, 6) is 0.0812. The number of carbonyl (C=O) groups excluding carboxylic acids is 1. The first-order valence-electron chi connectivity index (χ1n) is 10.0. The zero-order valence-electron chi connectivity index (χ0n) is 17.8. The van der Waals surface area contributed by atoms with E-state index >= 15 is 0 Å². The van der Waals surface area contributed by atoms with Crippen molar-refractivity contribution in [2.45, 2.75) is 20.4 Å². The molecule has 4 aromatic rings. The number of nitrogens with zero attached hydrogens (tertiary/aromatic N) is 2. The number of fused-ring (bicyclic) bond motifs is 1. The molecule has 156 valence electrons. The summed E-state index contributed by atoms with van der Waals surface area (Å²) < 4.78 is 7.45. The van der Waals surface area contributed by atoms with Gasteiger partial charge in [0, 0.05) is 41.1 Å². The Labute approximate surface area is 181 Å². The van der Waals surface area contributed by atoms with Crippen LogP contribution in [0.25, 0.3) is 10.9 Å². The van der Waals surface area contributed by atoms with Crippen molar-refractivity contribution >= 4 is 28.2 Å². The van der Waals surface area contributed by atoms with E-state index in [0.717, 1.165) is 27.7 Å². The van der Waals surface area contributed by atoms with Crippen molar-refractivity contribution in [3.05, 3.63) is 89.4 Å². The number of benzene rings is 2. The normalized spacial score (nSPS) is 10.8. The molecule has 2 N–H and O–H groups in total. The van der Waals surface area contributed by atoms with Crippen LogP contribution in [0.1, 0.15) is 22.4 Å². The molecule has 0 saturated heterocycles. The summed E-state index contributed by atoms with van der Waals surface area (Å²) in [6.45, 7) is 4.60. The monoisotopic (exact) mass is 412 g/mol. The Bertz CT molecular complexity index is 1290. The average molecular weight is 412 g/mol. The number of hydrogen-bond acceptors (Lipinski definition) is 4. The number of anilines is 1. The Morgan fingerprint density at radius 2 is 1.97 bits per heavy atom. The second kappa shape index (κ2) is 8.44. The lowest BCUT2D eigenvalue weighted by Crippen LogP contribution is -2.23. The lowest BCUT2D eigenvalue weighted by atomic mass is 10.0. The van der Waals surface area contributed by atoms with Crippen LogP contribution < -0.4 is 10.1 Å². The summed E-state index contributed by atoms with van der Waals surface area (Å²) in [5.41, 5.74) is 5.13. The number of rotatable bonds is 6. The van der Waals surface area contributed by atoms with Gasteiger partial charge in [-0.15, -0.1) is 0 Å². The summed E-state index contributed by atoms with van der Waals surface area (Å²) in [5, 5.41) is 12.2. The number of carbonyl (C=O) groups is 1. The fourth-order valence-electron chi connectivity index (χ4n) is 3.71. The van der Waals surface area contributed by atoms with Gasteiger partial charge >= 0.3 is 0 Å². The van der Waals surface area contributed by atoms with E-state index in [1.165, 1.54) is 0 Å². The third kappa shape index (κ3) is 4.19. The minimum atomic E-state index is -0.478. The number of ether oxygens (including phenoxy) is 1. The molecule has 0 unspecified atom stereocenters. The van der Waals surface area contributed by atoms with E-state index in [0.29, 0.717) is 23.5 Å². The molecule has 0 saturated carbocycles. The van der Waals surface area contributed by atoms with E-state index in [-0.39, 0.29) is 5.71 Å². The third-order valence-corrected chi connectivity index (χ3v) is 5.23. The molecule has 2 aromatic carbocycles. The molecule has 0 aliphatic heterocycles. The summed E-state index contributed by atoms with van der Waals surface area (Å²) in [4.78, 5) is 17.1. The van der Waals surface area contributed by atoms with Crippen LogP contribution >= 0.6 is 0 Å². The number of aryl methyl sites for hydroxylation is 2. The predicted molar refractivity (Wildman–Crippen MR) is 123 cm³/mol. The quantitative estimate of drug-likeness (QED) is 0.450. The van der Waals surface area contributed by atoms with Crippen molar-refractivity contribution in [1.82, 2.24) is 9.55 Å². The van der Waals surface area contributed by atoms with Gasteiger partial charge in [-0.05, 0) is 61.4 Å². The van der Waals surface area contributed by atoms with Gasteiger partial charge in [-0.1, -0.05) is 18.2 Å². The maximum Gasteiger partial charge on any atom is 0.274 e. The van der Waals surface area contributed by atoms with E-state index in [1.807, 2.05) is 56.4 Å². The van der Waals surface area contributed by atoms with Crippen LogP contribution in [-0.4, -0.2) is 28.3 Å². The van der Waals surface area contributed by atoms with Gasteiger partial charge < -0.3 is 14.6 Å². The SMILES string of the molecule is COc1ccc(C)cc1NC(=O)C(=N)c1cccc2c1ccn2Cc1ccnc(C)c1. The Hall–Kier alpha value is -3.93. The van der Waals surface area contributed by atoms with Gasteiger partial charge in [0.05, 0.1) is 12.8 Å². The first-order valence-corrected chi connectivity index (χ1v) is 10.0. The average Bonchev–Trinajstić information content (AvgIpc) is 3.16. The van der Waals surface area contributed by atoms with Gasteiger partial charge in [-0.2, -0.15) is 0 Å². The number of methoxy groups -OCH3 is 1. The highest BCUT2D eigenvalue weighted by Crippen LogP contribution is 2.26. The number of amides is 1. The maximum atomic E-state index is 12.9. The molecule has 0 atom stereocenters. The van der Waals surface area contributed by atoms with E-state index in [1.54, 1.807) is 25.4 Å². The van der Waals surface area contributed by atoms with Crippen LogP contribution in [-0.2, 0) is 11.3 Å². The Morgan fingerprint density at radius 1 is 1.13 bits per heavy atom. The molecule has 0 aliphatic carbocycles. The van der Waals surface area contributed by atoms with E-state index < -0.39 is 5.91 Å². The fourth-order valence-corrected chi connectivity index (χ4v) is 3.71. The van der Waals surface area contributed by atoms with Crippen molar-refractivity contribution in [2.75, 3.05) is 12.4 Å². The summed E-state index contributed by atoms with van der Waals surface area (Å²) >= 11 is 0. The zero-order valence-corrected chi connectivity index (χ0v) is 17.8. The first-order chi connectivity index (χ1) is 15.0. The summed E-state index contributed by atoms with van der Waals surface area (Å²) in [7, 11) is 1.55. The molecular weight excluding hydrogens is 388 g/mol. The van der Waals surface area contributed by atoms with Gasteiger partial charge in [0.25, 0.3) is 5.91 Å². The molecule has 2 heterocycles. The second-order valence-corrected chi connectivity index (χ2v) is 7.52. The van der Waals surface area contributed by atoms with Gasteiger partial charge in [0.2, 0.25) is 0 Å². The number of hydrogen-bond donors (Lipinski definition) is 2. The van der Waals surface area contributed by atoms with Gasteiger partial charge in [0.1, 0.15) is 11.5 Å². The standard InChI is InChI=1S/C25H24N4O2/c1-16-7-8-23(31-3)21(13-16)28-25(30)24(26)20-5-4-6-22-19(20)10-12-29(22)15-18-9-11-27-17(2)14-18/h4-14,26H,15H2,1-3H3,(H,28,30). The van der Waals surface area contributed by atoms with Crippen LogP contribution in [0.2, 0.25) is 0 Å². The Kier molecular flexibility index (Phi) is 5.54. The highest BCUT2D eigenvalue weighted by atomic mass is 16.5. The first kappa shape index (κ1) is 20.3.